The normalized spacial score (nSPS) is 17.1. The minimum atomic E-state index is -0.0817. The van der Waals surface area contributed by atoms with Crippen molar-refractivity contribution in [3.05, 3.63) is 75.7 Å². The number of hydrogen-bond donors (Lipinski definition) is 1. The summed E-state index contributed by atoms with van der Waals surface area (Å²) in [5, 5.41) is 13.6. The van der Waals surface area contributed by atoms with Crippen LogP contribution in [0, 0.1) is 6.92 Å². The number of tetrazole rings is 1. The molecule has 0 saturated carbocycles. The predicted octanol–water partition coefficient (Wildman–Crippen LogP) is 3.60. The van der Waals surface area contributed by atoms with Crippen LogP contribution in [0.3, 0.4) is 0 Å². The molecule has 0 radical (unpaired) electrons. The highest BCUT2D eigenvalue weighted by molar-refractivity contribution is 5.79. The second-order valence-electron chi connectivity index (χ2n) is 8.98. The van der Waals surface area contributed by atoms with E-state index in [-0.39, 0.29) is 17.7 Å². The number of aromatic nitrogens is 5. The van der Waals surface area contributed by atoms with Crippen molar-refractivity contribution in [1.29, 1.82) is 0 Å². The molecule has 0 spiro atoms. The van der Waals surface area contributed by atoms with E-state index < -0.39 is 0 Å². The monoisotopic (exact) mass is 462 g/mol. The molecule has 9 nitrogen and oxygen atoms in total. The lowest BCUT2D eigenvalue weighted by molar-refractivity contribution is 0.0488. The Labute approximate surface area is 197 Å². The van der Waals surface area contributed by atoms with Gasteiger partial charge in [-0.1, -0.05) is 18.6 Å². The summed E-state index contributed by atoms with van der Waals surface area (Å²) in [4.78, 5) is 18.3. The van der Waals surface area contributed by atoms with Gasteiger partial charge in [-0.05, 0) is 72.3 Å². The van der Waals surface area contributed by atoms with E-state index in [1.54, 1.807) is 10.9 Å². The highest BCUT2D eigenvalue weighted by Crippen LogP contribution is 2.27. The van der Waals surface area contributed by atoms with E-state index in [1.807, 2.05) is 30.3 Å². The van der Waals surface area contributed by atoms with E-state index in [4.69, 9.17) is 9.15 Å². The number of benzene rings is 1. The summed E-state index contributed by atoms with van der Waals surface area (Å²) >= 11 is 0. The second kappa shape index (κ2) is 9.90. The van der Waals surface area contributed by atoms with E-state index in [2.05, 4.69) is 45.3 Å². The van der Waals surface area contributed by atoms with Gasteiger partial charge in [0.2, 0.25) is 0 Å². The number of aryl methyl sites for hydroxylation is 1. The molecule has 3 aromatic heterocycles. The Morgan fingerprint density at radius 1 is 1.29 bits per heavy atom. The fourth-order valence-electron chi connectivity index (χ4n) is 4.78. The largest absolute Gasteiger partial charge is 0.467 e. The second-order valence-corrected chi connectivity index (χ2v) is 8.98. The van der Waals surface area contributed by atoms with Gasteiger partial charge in [-0.25, -0.2) is 4.68 Å². The minimum Gasteiger partial charge on any atom is -0.467 e. The third-order valence-corrected chi connectivity index (χ3v) is 6.48. The number of hydrogen-bond acceptors (Lipinski definition) is 7. The zero-order valence-electron chi connectivity index (χ0n) is 19.6. The van der Waals surface area contributed by atoms with Crippen molar-refractivity contribution in [2.75, 3.05) is 13.2 Å². The smallest absolute Gasteiger partial charge is 0.252 e. The van der Waals surface area contributed by atoms with Gasteiger partial charge in [0.1, 0.15) is 12.3 Å². The van der Waals surface area contributed by atoms with Gasteiger partial charge >= 0.3 is 0 Å². The molecule has 0 bridgehead atoms. The molecule has 0 aliphatic carbocycles. The minimum absolute atomic E-state index is 0.0706. The molecule has 9 heteroatoms. The Kier molecular flexibility index (Phi) is 6.55. The lowest BCUT2D eigenvalue weighted by Crippen LogP contribution is -2.37. The van der Waals surface area contributed by atoms with Gasteiger partial charge in [0.15, 0.2) is 5.82 Å². The fraction of sp³-hybridized carbons (Fsp3) is 0.440. The van der Waals surface area contributed by atoms with Gasteiger partial charge in [0.05, 0.1) is 18.4 Å². The molecule has 1 N–H and O–H groups in total. The summed E-state index contributed by atoms with van der Waals surface area (Å²) < 4.78 is 13.3. The summed E-state index contributed by atoms with van der Waals surface area (Å²) in [6.45, 7) is 6.59. The summed E-state index contributed by atoms with van der Waals surface area (Å²) in [5.41, 5.74) is 2.66. The summed E-state index contributed by atoms with van der Waals surface area (Å²) in [5.74, 6) is 1.54. The van der Waals surface area contributed by atoms with Crippen LogP contribution in [-0.2, 0) is 17.8 Å². The molecule has 178 valence electrons. The number of furan rings is 1. The molecular formula is C25H30N6O3. The number of nitrogens with zero attached hydrogens (tertiary/aromatic N) is 5. The van der Waals surface area contributed by atoms with Crippen LogP contribution in [-0.4, -0.2) is 49.3 Å². The van der Waals surface area contributed by atoms with E-state index in [0.29, 0.717) is 19.6 Å². The number of fused-ring (bicyclic) bond motifs is 1. The molecular weight excluding hydrogens is 432 g/mol. The first kappa shape index (κ1) is 22.5. The van der Waals surface area contributed by atoms with Crippen molar-refractivity contribution in [3.63, 3.8) is 0 Å². The third-order valence-electron chi connectivity index (χ3n) is 6.48. The first-order chi connectivity index (χ1) is 16.6. The first-order valence-corrected chi connectivity index (χ1v) is 11.9. The molecule has 1 fully saturated rings. The summed E-state index contributed by atoms with van der Waals surface area (Å²) in [6.07, 6.45) is 4.63. The number of nitrogens with one attached hydrogen (secondary N) is 1. The SMILES string of the molecule is CC[C@@H](c1nnnn1Cc1ccco1)N(Cc1cc2cc(C)ccc2[nH]c1=O)C[C@@H]1CCCO1. The summed E-state index contributed by atoms with van der Waals surface area (Å²) in [6, 6.07) is 11.7. The topological polar surface area (TPSA) is 102 Å². The molecule has 0 unspecified atom stereocenters. The van der Waals surface area contributed by atoms with Crippen molar-refractivity contribution in [1.82, 2.24) is 30.1 Å². The Morgan fingerprint density at radius 3 is 2.97 bits per heavy atom. The average molecular weight is 463 g/mol. The van der Waals surface area contributed by atoms with Crippen molar-refractivity contribution >= 4 is 10.9 Å². The molecule has 5 rings (SSSR count). The van der Waals surface area contributed by atoms with Gasteiger partial charge in [-0.15, -0.1) is 5.10 Å². The lowest BCUT2D eigenvalue weighted by Gasteiger charge is -2.32. The molecule has 34 heavy (non-hydrogen) atoms. The Balaban J connectivity index is 1.48. The number of rotatable bonds is 9. The quantitative estimate of drug-likeness (QED) is 0.405. The van der Waals surface area contributed by atoms with Crippen molar-refractivity contribution in [2.24, 2.45) is 0 Å². The van der Waals surface area contributed by atoms with Crippen molar-refractivity contribution in [2.45, 2.75) is 58.3 Å². The molecule has 2 atom stereocenters. The molecule has 4 aromatic rings. The van der Waals surface area contributed by atoms with Crippen molar-refractivity contribution in [3.8, 4) is 0 Å². The van der Waals surface area contributed by atoms with Crippen LogP contribution in [0.15, 0.2) is 51.9 Å². The van der Waals surface area contributed by atoms with Crippen LogP contribution in [0.4, 0.5) is 0 Å². The maximum atomic E-state index is 13.0. The lowest BCUT2D eigenvalue weighted by atomic mass is 10.1. The molecule has 1 aliphatic heterocycles. The zero-order valence-corrected chi connectivity index (χ0v) is 19.6. The van der Waals surface area contributed by atoms with Gasteiger partial charge < -0.3 is 14.1 Å². The predicted molar refractivity (Wildman–Crippen MR) is 127 cm³/mol. The Hall–Kier alpha value is -3.30. The van der Waals surface area contributed by atoms with Crippen LogP contribution < -0.4 is 5.56 Å². The van der Waals surface area contributed by atoms with Crippen LogP contribution in [0.25, 0.3) is 10.9 Å². The van der Waals surface area contributed by atoms with E-state index in [0.717, 1.165) is 59.5 Å². The fourth-order valence-corrected chi connectivity index (χ4v) is 4.78. The van der Waals surface area contributed by atoms with Crippen LogP contribution >= 0.6 is 0 Å². The van der Waals surface area contributed by atoms with Gasteiger partial charge in [0.25, 0.3) is 5.56 Å². The highest BCUT2D eigenvalue weighted by Gasteiger charge is 2.29. The van der Waals surface area contributed by atoms with Crippen LogP contribution in [0.2, 0.25) is 0 Å². The van der Waals surface area contributed by atoms with E-state index in [9.17, 15) is 4.79 Å². The van der Waals surface area contributed by atoms with Crippen molar-refractivity contribution < 1.29 is 9.15 Å². The molecule has 1 aromatic carbocycles. The summed E-state index contributed by atoms with van der Waals surface area (Å²) in [7, 11) is 0. The van der Waals surface area contributed by atoms with Gasteiger partial charge in [0, 0.05) is 30.8 Å². The van der Waals surface area contributed by atoms with E-state index in [1.165, 1.54) is 0 Å². The molecule has 1 saturated heterocycles. The maximum Gasteiger partial charge on any atom is 0.252 e. The number of H-pyrrole nitrogens is 1. The van der Waals surface area contributed by atoms with Crippen LogP contribution in [0.1, 0.15) is 54.9 Å². The first-order valence-electron chi connectivity index (χ1n) is 11.9. The van der Waals surface area contributed by atoms with Gasteiger partial charge in [-0.3, -0.25) is 9.69 Å². The number of pyridine rings is 1. The number of ether oxygens (including phenoxy) is 1. The number of aromatic amines is 1. The Bertz CT molecular complexity index is 1290. The highest BCUT2D eigenvalue weighted by atomic mass is 16.5. The molecule has 1 aliphatic rings. The van der Waals surface area contributed by atoms with Crippen LogP contribution in [0.5, 0.6) is 0 Å². The molecule has 0 amide bonds. The van der Waals surface area contributed by atoms with E-state index >= 15 is 0 Å². The Morgan fingerprint density at radius 2 is 2.21 bits per heavy atom. The maximum absolute atomic E-state index is 13.0. The van der Waals surface area contributed by atoms with Gasteiger partial charge in [-0.2, -0.15) is 0 Å². The average Bonchev–Trinajstić information content (AvgIpc) is 3.60. The standard InChI is InChI=1S/C25H30N6O3/c1-3-23(24-27-28-29-31(24)16-21-7-5-11-34-21)30(15-20-6-4-10-33-20)14-19-13-18-12-17(2)8-9-22(18)26-25(19)32/h5,7-9,11-13,20,23H,3-4,6,10,14-16H2,1-2H3,(H,26,32)/t20-,23-/m0/s1. The third kappa shape index (κ3) is 4.80. The zero-order chi connectivity index (χ0) is 23.5. The molecule has 4 heterocycles.